The van der Waals surface area contributed by atoms with Crippen molar-refractivity contribution in [2.75, 3.05) is 20.6 Å². The summed E-state index contributed by atoms with van der Waals surface area (Å²) in [5, 5.41) is 3.37. The minimum Gasteiger partial charge on any atom is -0.369 e. The molecular weight excluding hydrogens is 218 g/mol. The van der Waals surface area contributed by atoms with Crippen LogP contribution in [0.25, 0.3) is 0 Å². The van der Waals surface area contributed by atoms with Crippen LogP contribution in [-0.4, -0.2) is 43.4 Å². The van der Waals surface area contributed by atoms with Crippen LogP contribution >= 0.6 is 0 Å². The van der Waals surface area contributed by atoms with Gasteiger partial charge < -0.3 is 16.0 Å². The first kappa shape index (κ1) is 14.0. The first-order valence-corrected chi connectivity index (χ1v) is 6.23. The molecule has 2 amide bonds. The Morgan fingerprint density at radius 3 is 2.29 bits per heavy atom. The summed E-state index contributed by atoms with van der Waals surface area (Å²) in [6, 6.07) is 0.431. The number of nitrogens with one attached hydrogen (secondary N) is 1. The van der Waals surface area contributed by atoms with Crippen molar-refractivity contribution >= 4 is 11.8 Å². The second kappa shape index (κ2) is 6.59. The van der Waals surface area contributed by atoms with E-state index in [1.54, 1.807) is 19.0 Å². The highest BCUT2D eigenvalue weighted by molar-refractivity contribution is 5.76. The Morgan fingerprint density at radius 2 is 1.82 bits per heavy atom. The van der Waals surface area contributed by atoms with Gasteiger partial charge >= 0.3 is 0 Å². The molecule has 0 radical (unpaired) electrons. The number of rotatable bonds is 5. The first-order valence-electron chi connectivity index (χ1n) is 6.23. The monoisotopic (exact) mass is 241 g/mol. The molecule has 0 saturated heterocycles. The van der Waals surface area contributed by atoms with Crippen molar-refractivity contribution in [2.45, 2.75) is 38.1 Å². The van der Waals surface area contributed by atoms with Crippen LogP contribution in [0, 0.1) is 5.92 Å². The SMILES string of the molecule is CN(C)C(=O)CCNC1CCC(C(N)=O)CC1. The Bertz CT molecular complexity index is 271. The van der Waals surface area contributed by atoms with E-state index >= 15 is 0 Å². The van der Waals surface area contributed by atoms with E-state index in [1.807, 2.05) is 0 Å². The molecule has 0 aromatic rings. The number of carbonyl (C=O) groups is 2. The van der Waals surface area contributed by atoms with Gasteiger partial charge in [0, 0.05) is 39.0 Å². The number of nitrogens with two attached hydrogens (primary N) is 1. The first-order chi connectivity index (χ1) is 8.00. The molecule has 0 unspecified atom stereocenters. The predicted molar refractivity (Wildman–Crippen MR) is 66.3 cm³/mol. The molecule has 0 spiro atoms. The summed E-state index contributed by atoms with van der Waals surface area (Å²) in [7, 11) is 3.53. The van der Waals surface area contributed by atoms with Crippen molar-refractivity contribution in [3.8, 4) is 0 Å². The summed E-state index contributed by atoms with van der Waals surface area (Å²) in [4.78, 5) is 23.9. The van der Waals surface area contributed by atoms with Crippen LogP contribution in [0.1, 0.15) is 32.1 Å². The van der Waals surface area contributed by atoms with Gasteiger partial charge in [0.15, 0.2) is 0 Å². The maximum atomic E-state index is 11.4. The lowest BCUT2D eigenvalue weighted by Crippen LogP contribution is -2.38. The highest BCUT2D eigenvalue weighted by atomic mass is 16.2. The van der Waals surface area contributed by atoms with Gasteiger partial charge in [-0.2, -0.15) is 0 Å². The highest BCUT2D eigenvalue weighted by Gasteiger charge is 2.24. The molecule has 0 aliphatic heterocycles. The summed E-state index contributed by atoms with van der Waals surface area (Å²) in [5.74, 6) is 0.0195. The number of hydrogen-bond donors (Lipinski definition) is 2. The largest absolute Gasteiger partial charge is 0.369 e. The molecule has 0 bridgehead atoms. The number of amides is 2. The molecule has 1 aliphatic carbocycles. The number of hydrogen-bond acceptors (Lipinski definition) is 3. The van der Waals surface area contributed by atoms with Crippen LogP contribution in [0.3, 0.4) is 0 Å². The molecule has 0 heterocycles. The van der Waals surface area contributed by atoms with Crippen LogP contribution in [0.15, 0.2) is 0 Å². The van der Waals surface area contributed by atoms with E-state index in [0.29, 0.717) is 19.0 Å². The molecule has 1 saturated carbocycles. The minimum atomic E-state index is -0.175. The van der Waals surface area contributed by atoms with Gasteiger partial charge in [0.1, 0.15) is 0 Å². The van der Waals surface area contributed by atoms with Crippen LogP contribution in [0.5, 0.6) is 0 Å². The predicted octanol–water partition coefficient (Wildman–Crippen LogP) is 0.0984. The summed E-state index contributed by atoms with van der Waals surface area (Å²) in [6.07, 6.45) is 4.22. The molecule has 17 heavy (non-hydrogen) atoms. The smallest absolute Gasteiger partial charge is 0.223 e. The quantitative estimate of drug-likeness (QED) is 0.716. The number of primary amides is 1. The second-order valence-electron chi connectivity index (χ2n) is 4.94. The second-order valence-corrected chi connectivity index (χ2v) is 4.94. The van der Waals surface area contributed by atoms with Gasteiger partial charge in [-0.1, -0.05) is 0 Å². The van der Waals surface area contributed by atoms with Crippen molar-refractivity contribution in [1.82, 2.24) is 10.2 Å². The molecule has 5 heteroatoms. The van der Waals surface area contributed by atoms with E-state index in [4.69, 9.17) is 5.73 Å². The molecule has 1 rings (SSSR count). The molecule has 0 atom stereocenters. The Morgan fingerprint density at radius 1 is 1.24 bits per heavy atom. The Kier molecular flexibility index (Phi) is 5.41. The molecule has 0 aromatic heterocycles. The van der Waals surface area contributed by atoms with E-state index in [0.717, 1.165) is 25.7 Å². The van der Waals surface area contributed by atoms with Crippen molar-refractivity contribution in [3.05, 3.63) is 0 Å². The fourth-order valence-corrected chi connectivity index (χ4v) is 2.19. The van der Waals surface area contributed by atoms with Gasteiger partial charge in [0.25, 0.3) is 0 Å². The molecule has 3 N–H and O–H groups in total. The molecule has 98 valence electrons. The molecule has 1 fully saturated rings. The van der Waals surface area contributed by atoms with Gasteiger partial charge in [-0.05, 0) is 25.7 Å². The highest BCUT2D eigenvalue weighted by Crippen LogP contribution is 2.23. The standard InChI is InChI=1S/C12H23N3O2/c1-15(2)11(16)7-8-14-10-5-3-9(4-6-10)12(13)17/h9-10,14H,3-8H2,1-2H3,(H2,13,17). The lowest BCUT2D eigenvalue weighted by atomic mass is 9.85. The maximum absolute atomic E-state index is 11.4. The van der Waals surface area contributed by atoms with Gasteiger partial charge in [0.05, 0.1) is 0 Å². The van der Waals surface area contributed by atoms with Crippen molar-refractivity contribution in [2.24, 2.45) is 11.7 Å². The van der Waals surface area contributed by atoms with Crippen molar-refractivity contribution in [1.29, 1.82) is 0 Å². The summed E-state index contributed by atoms with van der Waals surface area (Å²) in [6.45, 7) is 0.711. The summed E-state index contributed by atoms with van der Waals surface area (Å²) < 4.78 is 0. The van der Waals surface area contributed by atoms with Crippen molar-refractivity contribution in [3.63, 3.8) is 0 Å². The zero-order valence-electron chi connectivity index (χ0n) is 10.7. The summed E-state index contributed by atoms with van der Waals surface area (Å²) >= 11 is 0. The third-order valence-corrected chi connectivity index (χ3v) is 3.40. The van der Waals surface area contributed by atoms with Crippen LogP contribution < -0.4 is 11.1 Å². The minimum absolute atomic E-state index is 0.0523. The van der Waals surface area contributed by atoms with Crippen LogP contribution in [-0.2, 0) is 9.59 Å². The normalized spacial score (nSPS) is 24.4. The third-order valence-electron chi connectivity index (χ3n) is 3.40. The fraction of sp³-hybridized carbons (Fsp3) is 0.833. The van der Waals surface area contributed by atoms with Gasteiger partial charge in [-0.3, -0.25) is 9.59 Å². The molecule has 5 nitrogen and oxygen atoms in total. The zero-order chi connectivity index (χ0) is 12.8. The van der Waals surface area contributed by atoms with Gasteiger partial charge in [0.2, 0.25) is 11.8 Å². The number of carbonyl (C=O) groups excluding carboxylic acids is 2. The van der Waals surface area contributed by atoms with Gasteiger partial charge in [-0.15, -0.1) is 0 Å². The average Bonchev–Trinajstić information content (AvgIpc) is 2.29. The molecule has 1 aliphatic rings. The van der Waals surface area contributed by atoms with Gasteiger partial charge in [-0.25, -0.2) is 0 Å². The third kappa shape index (κ3) is 4.73. The van der Waals surface area contributed by atoms with Crippen molar-refractivity contribution < 1.29 is 9.59 Å². The Labute approximate surface area is 103 Å². The van der Waals surface area contributed by atoms with Crippen LogP contribution in [0.2, 0.25) is 0 Å². The Balaban J connectivity index is 2.14. The lowest BCUT2D eigenvalue weighted by molar-refractivity contribution is -0.128. The molecular formula is C12H23N3O2. The molecule has 0 aromatic carbocycles. The Hall–Kier alpha value is -1.10. The van der Waals surface area contributed by atoms with E-state index in [-0.39, 0.29) is 17.7 Å². The van der Waals surface area contributed by atoms with Crippen LogP contribution in [0.4, 0.5) is 0 Å². The maximum Gasteiger partial charge on any atom is 0.223 e. The topological polar surface area (TPSA) is 75.4 Å². The fourth-order valence-electron chi connectivity index (χ4n) is 2.19. The number of nitrogens with zero attached hydrogens (tertiary/aromatic N) is 1. The van der Waals surface area contributed by atoms with E-state index < -0.39 is 0 Å². The lowest BCUT2D eigenvalue weighted by Gasteiger charge is -2.27. The van der Waals surface area contributed by atoms with E-state index in [9.17, 15) is 9.59 Å². The van der Waals surface area contributed by atoms with E-state index in [1.165, 1.54) is 0 Å². The summed E-state index contributed by atoms with van der Waals surface area (Å²) in [5.41, 5.74) is 5.28. The average molecular weight is 241 g/mol. The zero-order valence-corrected chi connectivity index (χ0v) is 10.7. The van der Waals surface area contributed by atoms with E-state index in [2.05, 4.69) is 5.32 Å².